The molecule has 2 unspecified atom stereocenters. The van der Waals surface area contributed by atoms with E-state index in [1.807, 2.05) is 0 Å². The van der Waals surface area contributed by atoms with Crippen LogP contribution in [0.15, 0.2) is 48.6 Å². The lowest BCUT2D eigenvalue weighted by molar-refractivity contribution is -0.123. The number of amides is 1. The highest BCUT2D eigenvalue weighted by Crippen LogP contribution is 2.17. The first kappa shape index (κ1) is 54.3. The fraction of sp³-hybridized carbons (Fsp3) is 0.827. The van der Waals surface area contributed by atoms with Crippen molar-refractivity contribution in [2.75, 3.05) is 6.61 Å². The van der Waals surface area contributed by atoms with Crippen LogP contribution in [0.2, 0.25) is 0 Å². The Labute approximate surface area is 350 Å². The van der Waals surface area contributed by atoms with Crippen LogP contribution in [-0.4, -0.2) is 34.9 Å². The minimum atomic E-state index is -0.655. The summed E-state index contributed by atoms with van der Waals surface area (Å²) < 4.78 is 0. The van der Waals surface area contributed by atoms with E-state index in [9.17, 15) is 15.0 Å². The van der Waals surface area contributed by atoms with Gasteiger partial charge in [0.2, 0.25) is 5.91 Å². The third-order valence-corrected chi connectivity index (χ3v) is 11.4. The van der Waals surface area contributed by atoms with Gasteiger partial charge in [-0.25, -0.2) is 0 Å². The van der Waals surface area contributed by atoms with Crippen LogP contribution in [0, 0.1) is 0 Å². The van der Waals surface area contributed by atoms with Gasteiger partial charge in [-0.3, -0.25) is 4.79 Å². The van der Waals surface area contributed by atoms with Crippen LogP contribution in [-0.2, 0) is 4.79 Å². The Morgan fingerprint density at radius 3 is 1.18 bits per heavy atom. The molecule has 0 aliphatic carbocycles. The molecular formula is C52H97NO3. The van der Waals surface area contributed by atoms with E-state index in [0.717, 1.165) is 51.4 Å². The number of nitrogens with one attached hydrogen (secondary N) is 1. The Bertz CT molecular complexity index is 893. The van der Waals surface area contributed by atoms with Gasteiger partial charge in [0.1, 0.15) is 0 Å². The molecule has 0 aromatic carbocycles. The molecule has 0 aromatic heterocycles. The number of allylic oxidation sites excluding steroid dienone is 8. The molecule has 1 amide bonds. The Hall–Kier alpha value is -1.65. The van der Waals surface area contributed by atoms with Gasteiger partial charge in [0.25, 0.3) is 0 Å². The molecule has 0 rings (SSSR count). The first-order valence-electron chi connectivity index (χ1n) is 24.8. The molecule has 4 heteroatoms. The van der Waals surface area contributed by atoms with Crippen molar-refractivity contribution in [3.63, 3.8) is 0 Å². The molecule has 0 aliphatic heterocycles. The fourth-order valence-corrected chi connectivity index (χ4v) is 7.59. The number of hydrogen-bond acceptors (Lipinski definition) is 3. The van der Waals surface area contributed by atoms with Gasteiger partial charge in [-0.15, -0.1) is 0 Å². The molecule has 0 aromatic rings. The van der Waals surface area contributed by atoms with Gasteiger partial charge < -0.3 is 15.5 Å². The molecule has 3 N–H and O–H groups in total. The SMILES string of the molecule is CC/C=C\C/C=C\C/C=C\C/C=C\CCCCCCCCCCCCCCCCCCCCCCCCC(=O)NC(CO)C(O)CCCCCCCCCCC. The summed E-state index contributed by atoms with van der Waals surface area (Å²) >= 11 is 0. The summed E-state index contributed by atoms with van der Waals surface area (Å²) in [5, 5.41) is 23.1. The van der Waals surface area contributed by atoms with Crippen LogP contribution in [0.4, 0.5) is 0 Å². The van der Waals surface area contributed by atoms with Crippen molar-refractivity contribution in [2.24, 2.45) is 0 Å². The molecule has 0 spiro atoms. The van der Waals surface area contributed by atoms with E-state index in [4.69, 9.17) is 0 Å². The average molecular weight is 784 g/mol. The van der Waals surface area contributed by atoms with Gasteiger partial charge in [-0.1, -0.05) is 249 Å². The molecule has 0 saturated heterocycles. The number of hydrogen-bond donors (Lipinski definition) is 3. The largest absolute Gasteiger partial charge is 0.394 e. The summed E-state index contributed by atoms with van der Waals surface area (Å²) in [5.74, 6) is -0.0310. The molecule has 0 saturated carbocycles. The maximum absolute atomic E-state index is 12.4. The second kappa shape index (κ2) is 47.7. The number of unbranched alkanes of at least 4 members (excludes halogenated alkanes) is 30. The second-order valence-corrected chi connectivity index (χ2v) is 16.9. The first-order chi connectivity index (χ1) is 27.7. The lowest BCUT2D eigenvalue weighted by Gasteiger charge is -2.22. The summed E-state index contributed by atoms with van der Waals surface area (Å²) in [5.41, 5.74) is 0. The van der Waals surface area contributed by atoms with Gasteiger partial charge in [-0.05, 0) is 51.4 Å². The van der Waals surface area contributed by atoms with Crippen LogP contribution in [0.3, 0.4) is 0 Å². The third-order valence-electron chi connectivity index (χ3n) is 11.4. The maximum Gasteiger partial charge on any atom is 0.220 e. The smallest absolute Gasteiger partial charge is 0.220 e. The number of carbonyl (C=O) groups excluding carboxylic acids is 1. The topological polar surface area (TPSA) is 69.6 Å². The molecule has 56 heavy (non-hydrogen) atoms. The molecule has 2 atom stereocenters. The van der Waals surface area contributed by atoms with E-state index in [2.05, 4.69) is 67.8 Å². The van der Waals surface area contributed by atoms with Crippen molar-refractivity contribution >= 4 is 5.91 Å². The Morgan fingerprint density at radius 2 is 0.786 bits per heavy atom. The van der Waals surface area contributed by atoms with E-state index in [1.165, 1.54) is 180 Å². The van der Waals surface area contributed by atoms with Crippen LogP contribution >= 0.6 is 0 Å². The molecule has 0 aliphatic rings. The molecule has 4 nitrogen and oxygen atoms in total. The highest BCUT2D eigenvalue weighted by Gasteiger charge is 2.20. The zero-order chi connectivity index (χ0) is 40.7. The van der Waals surface area contributed by atoms with E-state index in [0.29, 0.717) is 12.8 Å². The summed E-state index contributed by atoms with van der Waals surface area (Å²) in [6, 6.07) is -0.532. The highest BCUT2D eigenvalue weighted by molar-refractivity contribution is 5.76. The summed E-state index contributed by atoms with van der Waals surface area (Å²) in [4.78, 5) is 12.4. The van der Waals surface area contributed by atoms with E-state index in [-0.39, 0.29) is 12.5 Å². The summed E-state index contributed by atoms with van der Waals surface area (Å²) in [6.07, 6.45) is 65.2. The zero-order valence-corrected chi connectivity index (χ0v) is 37.7. The van der Waals surface area contributed by atoms with Crippen molar-refractivity contribution in [3.8, 4) is 0 Å². The molecule has 0 heterocycles. The van der Waals surface area contributed by atoms with Crippen molar-refractivity contribution in [1.82, 2.24) is 5.32 Å². The molecule has 328 valence electrons. The zero-order valence-electron chi connectivity index (χ0n) is 37.7. The lowest BCUT2D eigenvalue weighted by atomic mass is 10.0. The van der Waals surface area contributed by atoms with Gasteiger partial charge in [-0.2, -0.15) is 0 Å². The molecule has 0 bridgehead atoms. The summed E-state index contributed by atoms with van der Waals surface area (Å²) in [6.45, 7) is 4.23. The average Bonchev–Trinajstić information content (AvgIpc) is 3.20. The van der Waals surface area contributed by atoms with E-state index in [1.54, 1.807) is 0 Å². The van der Waals surface area contributed by atoms with Crippen LogP contribution in [0.25, 0.3) is 0 Å². The van der Waals surface area contributed by atoms with Gasteiger partial charge in [0.05, 0.1) is 18.8 Å². The van der Waals surface area contributed by atoms with Crippen molar-refractivity contribution < 1.29 is 15.0 Å². The Kier molecular flexibility index (Phi) is 46.3. The van der Waals surface area contributed by atoms with Crippen LogP contribution in [0.5, 0.6) is 0 Å². The van der Waals surface area contributed by atoms with Crippen molar-refractivity contribution in [1.29, 1.82) is 0 Å². The minimum Gasteiger partial charge on any atom is -0.394 e. The number of aliphatic hydroxyl groups excluding tert-OH is 2. The normalized spacial score (nSPS) is 13.3. The Morgan fingerprint density at radius 1 is 0.446 bits per heavy atom. The fourth-order valence-electron chi connectivity index (χ4n) is 7.59. The van der Waals surface area contributed by atoms with Crippen molar-refractivity contribution in [3.05, 3.63) is 48.6 Å². The number of rotatable bonds is 45. The molecular weight excluding hydrogens is 687 g/mol. The first-order valence-corrected chi connectivity index (χ1v) is 24.8. The minimum absolute atomic E-state index is 0.0310. The van der Waals surface area contributed by atoms with Gasteiger partial charge in [0, 0.05) is 6.42 Å². The maximum atomic E-state index is 12.4. The second-order valence-electron chi connectivity index (χ2n) is 16.9. The molecule has 0 radical (unpaired) electrons. The van der Waals surface area contributed by atoms with Crippen LogP contribution < -0.4 is 5.32 Å². The summed E-state index contributed by atoms with van der Waals surface area (Å²) in [7, 11) is 0. The predicted octanol–water partition coefficient (Wildman–Crippen LogP) is 15.9. The quantitative estimate of drug-likeness (QED) is 0.0425. The van der Waals surface area contributed by atoms with E-state index < -0.39 is 12.1 Å². The van der Waals surface area contributed by atoms with Gasteiger partial charge >= 0.3 is 0 Å². The third kappa shape index (κ3) is 43.5. The van der Waals surface area contributed by atoms with Gasteiger partial charge in [0.15, 0.2) is 0 Å². The van der Waals surface area contributed by atoms with Crippen molar-refractivity contribution in [2.45, 2.75) is 270 Å². The monoisotopic (exact) mass is 784 g/mol. The highest BCUT2D eigenvalue weighted by atomic mass is 16.3. The Balaban J connectivity index is 3.37. The number of carbonyl (C=O) groups is 1. The lowest BCUT2D eigenvalue weighted by Crippen LogP contribution is -2.45. The number of aliphatic hydroxyl groups is 2. The molecule has 0 fully saturated rings. The van der Waals surface area contributed by atoms with E-state index >= 15 is 0 Å². The standard InChI is InChI=1S/C52H97NO3/c1-3-5-7-9-11-13-14-15-16-17-18-19-20-21-22-23-24-25-26-27-28-29-30-31-32-33-34-35-36-37-38-40-42-44-46-48-52(56)53-50(49-54)51(55)47-45-43-41-39-12-10-8-6-4-2/h5,7,11,13,15-16,18-19,50-51,54-55H,3-4,6,8-10,12,14,17,20-49H2,1-2H3,(H,53,56)/b7-5-,13-11-,16-15-,19-18-. The van der Waals surface area contributed by atoms with Crippen LogP contribution in [0.1, 0.15) is 258 Å². The predicted molar refractivity (Wildman–Crippen MR) is 248 cm³/mol.